The number of nitrogens with one attached hydrogen (secondary N) is 1. The smallest absolute Gasteiger partial charge is 0.375 e. The Morgan fingerprint density at radius 2 is 2.33 bits per heavy atom. The van der Waals surface area contributed by atoms with Gasteiger partial charge >= 0.3 is 5.97 Å². The maximum Gasteiger partial charge on any atom is 0.375 e. The molecule has 18 heavy (non-hydrogen) atoms. The molecular formula is C11H9BrClN3O2. The summed E-state index contributed by atoms with van der Waals surface area (Å²) in [5.74, 6) is -0.130. The largest absolute Gasteiger partial charge is 0.460 e. The molecule has 0 unspecified atom stereocenters. The summed E-state index contributed by atoms with van der Waals surface area (Å²) in [7, 11) is 0. The lowest BCUT2D eigenvalue weighted by Crippen LogP contribution is -2.06. The fraction of sp³-hybridized carbons (Fsp3) is 0.182. The molecule has 5 nitrogen and oxygen atoms in total. The number of ether oxygens (including phenoxy) is 1. The van der Waals surface area contributed by atoms with Crippen molar-refractivity contribution in [3.63, 3.8) is 0 Å². The summed E-state index contributed by atoms with van der Waals surface area (Å²) in [4.78, 5) is 15.5. The van der Waals surface area contributed by atoms with Crippen molar-refractivity contribution >= 4 is 33.5 Å². The van der Waals surface area contributed by atoms with Gasteiger partial charge in [-0.3, -0.25) is 5.10 Å². The first-order chi connectivity index (χ1) is 8.63. The van der Waals surface area contributed by atoms with Crippen molar-refractivity contribution in [2.45, 2.75) is 6.92 Å². The van der Waals surface area contributed by atoms with Crippen molar-refractivity contribution in [2.24, 2.45) is 0 Å². The number of aromatic amines is 1. The average Bonchev–Trinajstić information content (AvgIpc) is 2.82. The molecule has 1 heterocycles. The molecule has 0 radical (unpaired) electrons. The normalized spacial score (nSPS) is 10.4. The number of benzene rings is 1. The fourth-order valence-corrected chi connectivity index (χ4v) is 1.93. The lowest BCUT2D eigenvalue weighted by Gasteiger charge is -2.00. The zero-order valence-corrected chi connectivity index (χ0v) is 11.7. The predicted octanol–water partition coefficient (Wildman–Crippen LogP) is 3.06. The number of hydrogen-bond acceptors (Lipinski definition) is 4. The van der Waals surface area contributed by atoms with E-state index in [1.807, 2.05) is 12.1 Å². The molecule has 94 valence electrons. The lowest BCUT2D eigenvalue weighted by molar-refractivity contribution is 0.0512. The van der Waals surface area contributed by atoms with Crippen molar-refractivity contribution in [1.29, 1.82) is 0 Å². The topological polar surface area (TPSA) is 67.9 Å². The van der Waals surface area contributed by atoms with E-state index < -0.39 is 5.97 Å². The second kappa shape index (κ2) is 5.49. The van der Waals surface area contributed by atoms with Gasteiger partial charge in [0.1, 0.15) is 0 Å². The third-order valence-corrected chi connectivity index (χ3v) is 3.44. The molecule has 0 atom stereocenters. The Kier molecular flexibility index (Phi) is 3.98. The van der Waals surface area contributed by atoms with Crippen LogP contribution in [0.4, 0.5) is 0 Å². The summed E-state index contributed by atoms with van der Waals surface area (Å²) in [5, 5.41) is 6.97. The third-order valence-electron chi connectivity index (χ3n) is 2.15. The molecule has 1 N–H and O–H groups in total. The van der Waals surface area contributed by atoms with Crippen molar-refractivity contribution in [3.05, 3.63) is 33.5 Å². The highest BCUT2D eigenvalue weighted by Crippen LogP contribution is 2.31. The van der Waals surface area contributed by atoms with Crippen LogP contribution in [-0.4, -0.2) is 27.8 Å². The fourth-order valence-electron chi connectivity index (χ4n) is 1.35. The van der Waals surface area contributed by atoms with Gasteiger partial charge in [0.25, 0.3) is 0 Å². The van der Waals surface area contributed by atoms with Crippen LogP contribution in [0.3, 0.4) is 0 Å². The van der Waals surface area contributed by atoms with Crippen LogP contribution in [0.25, 0.3) is 11.4 Å². The molecule has 0 saturated carbocycles. The van der Waals surface area contributed by atoms with E-state index in [0.717, 1.165) is 4.47 Å². The van der Waals surface area contributed by atoms with Gasteiger partial charge in [0.15, 0.2) is 5.82 Å². The summed E-state index contributed by atoms with van der Waals surface area (Å²) in [6.45, 7) is 2.01. The summed E-state index contributed by atoms with van der Waals surface area (Å²) in [6.07, 6.45) is 0. The van der Waals surface area contributed by atoms with Crippen molar-refractivity contribution in [1.82, 2.24) is 15.2 Å². The number of carbonyl (C=O) groups is 1. The number of carbonyl (C=O) groups excluding carboxylic acids is 1. The molecule has 0 saturated heterocycles. The maximum absolute atomic E-state index is 11.4. The first-order valence-electron chi connectivity index (χ1n) is 5.17. The summed E-state index contributed by atoms with van der Waals surface area (Å²) in [6, 6.07) is 5.39. The maximum atomic E-state index is 11.4. The standard InChI is InChI=1S/C11H9BrClN3O2/c1-2-18-11(17)10-14-9(15-16-10)6-4-3-5-7(12)8(6)13/h3-5H,2H2,1H3,(H,14,15,16). The van der Waals surface area contributed by atoms with E-state index in [1.165, 1.54) is 0 Å². The molecule has 0 bridgehead atoms. The van der Waals surface area contributed by atoms with E-state index in [-0.39, 0.29) is 12.4 Å². The van der Waals surface area contributed by atoms with Crippen LogP contribution in [-0.2, 0) is 4.74 Å². The van der Waals surface area contributed by atoms with Gasteiger partial charge in [-0.15, -0.1) is 0 Å². The van der Waals surface area contributed by atoms with E-state index in [0.29, 0.717) is 16.4 Å². The minimum atomic E-state index is -0.539. The van der Waals surface area contributed by atoms with E-state index in [9.17, 15) is 4.79 Å². The van der Waals surface area contributed by atoms with Crippen LogP contribution < -0.4 is 0 Å². The summed E-state index contributed by atoms with van der Waals surface area (Å²) in [5.41, 5.74) is 0.637. The quantitative estimate of drug-likeness (QED) is 0.878. The molecule has 7 heteroatoms. The molecule has 2 aromatic rings. The number of aromatic nitrogens is 3. The summed E-state index contributed by atoms with van der Waals surface area (Å²) < 4.78 is 5.56. The molecule has 0 aliphatic carbocycles. The monoisotopic (exact) mass is 329 g/mol. The van der Waals surface area contributed by atoms with Gasteiger partial charge in [0.2, 0.25) is 5.82 Å². The van der Waals surface area contributed by atoms with Crippen LogP contribution in [0.2, 0.25) is 5.02 Å². The summed E-state index contributed by atoms with van der Waals surface area (Å²) >= 11 is 9.44. The predicted molar refractivity (Wildman–Crippen MR) is 70.5 cm³/mol. The van der Waals surface area contributed by atoms with E-state index in [4.69, 9.17) is 16.3 Å². The zero-order valence-electron chi connectivity index (χ0n) is 9.41. The molecule has 0 amide bonds. The highest BCUT2D eigenvalue weighted by atomic mass is 79.9. The molecule has 0 spiro atoms. The second-order valence-electron chi connectivity index (χ2n) is 3.33. The SMILES string of the molecule is CCOC(=O)c1nc(-c2cccc(Br)c2Cl)n[nH]1. The molecule has 0 aliphatic heterocycles. The minimum Gasteiger partial charge on any atom is -0.460 e. The Morgan fingerprint density at radius 1 is 1.56 bits per heavy atom. The van der Waals surface area contributed by atoms with Crippen molar-refractivity contribution in [2.75, 3.05) is 6.61 Å². The number of halogens is 2. The Balaban J connectivity index is 2.35. The molecule has 1 aromatic carbocycles. The number of rotatable bonds is 3. The van der Waals surface area contributed by atoms with Crippen molar-refractivity contribution < 1.29 is 9.53 Å². The van der Waals surface area contributed by atoms with Gasteiger partial charge in [0, 0.05) is 10.0 Å². The highest BCUT2D eigenvalue weighted by Gasteiger charge is 2.16. The Morgan fingerprint density at radius 3 is 3.06 bits per heavy atom. The molecule has 0 aliphatic rings. The van der Waals surface area contributed by atoms with Crippen LogP contribution >= 0.6 is 27.5 Å². The van der Waals surface area contributed by atoms with Gasteiger partial charge in [0.05, 0.1) is 11.6 Å². The Bertz CT molecular complexity index is 585. The van der Waals surface area contributed by atoms with Crippen LogP contribution in [0, 0.1) is 0 Å². The molecular weight excluding hydrogens is 321 g/mol. The van der Waals surface area contributed by atoms with E-state index >= 15 is 0 Å². The lowest BCUT2D eigenvalue weighted by atomic mass is 10.2. The van der Waals surface area contributed by atoms with Gasteiger partial charge in [-0.05, 0) is 35.0 Å². The van der Waals surface area contributed by atoms with E-state index in [2.05, 4.69) is 31.1 Å². The first-order valence-corrected chi connectivity index (χ1v) is 6.34. The van der Waals surface area contributed by atoms with Gasteiger partial charge in [-0.25, -0.2) is 9.78 Å². The Labute approximate surface area is 117 Å². The number of hydrogen-bond donors (Lipinski definition) is 1. The number of nitrogens with zero attached hydrogens (tertiary/aromatic N) is 2. The van der Waals surface area contributed by atoms with Crippen molar-refractivity contribution in [3.8, 4) is 11.4 Å². The Hall–Kier alpha value is -1.40. The number of esters is 1. The van der Waals surface area contributed by atoms with Gasteiger partial charge in [-0.2, -0.15) is 5.10 Å². The first kappa shape index (κ1) is 13.0. The van der Waals surface area contributed by atoms with E-state index in [1.54, 1.807) is 13.0 Å². The molecule has 1 aromatic heterocycles. The third kappa shape index (κ3) is 2.54. The highest BCUT2D eigenvalue weighted by molar-refractivity contribution is 9.10. The minimum absolute atomic E-state index is 0.0582. The van der Waals surface area contributed by atoms with Gasteiger partial charge < -0.3 is 4.74 Å². The molecule has 0 fully saturated rings. The zero-order chi connectivity index (χ0) is 13.1. The average molecular weight is 331 g/mol. The van der Waals surface area contributed by atoms with Crippen LogP contribution in [0.15, 0.2) is 22.7 Å². The number of H-pyrrole nitrogens is 1. The second-order valence-corrected chi connectivity index (χ2v) is 4.56. The molecule has 2 rings (SSSR count). The van der Waals surface area contributed by atoms with Crippen LogP contribution in [0.1, 0.15) is 17.5 Å². The van der Waals surface area contributed by atoms with Crippen LogP contribution in [0.5, 0.6) is 0 Å². The van der Waals surface area contributed by atoms with Gasteiger partial charge in [-0.1, -0.05) is 17.7 Å².